The van der Waals surface area contributed by atoms with Gasteiger partial charge in [-0.1, -0.05) is 0 Å². The van der Waals surface area contributed by atoms with Crippen molar-refractivity contribution >= 4 is 23.5 Å². The predicted octanol–water partition coefficient (Wildman–Crippen LogP) is -6.00. The largest absolute Gasteiger partial charge is 1.00 e. The van der Waals surface area contributed by atoms with Gasteiger partial charge in [-0.25, -0.2) is 0 Å². The van der Waals surface area contributed by atoms with E-state index in [0.29, 0.717) is 0 Å². The van der Waals surface area contributed by atoms with Crippen LogP contribution in [0.4, 0.5) is 4.79 Å². The van der Waals surface area contributed by atoms with Gasteiger partial charge in [-0.2, -0.15) is 0 Å². The molecule has 0 fully saturated rings. The summed E-state index contributed by atoms with van der Waals surface area (Å²) in [5.41, 5.74) is 0. The number of hydrogen-bond donors (Lipinski definition) is 0. The third-order valence-electron chi connectivity index (χ3n) is 0. The smallest absolute Gasteiger partial charge is 0.870 e. The maximum Gasteiger partial charge on any atom is 1.00 e. The van der Waals surface area contributed by atoms with Gasteiger partial charge in [-0.15, -0.1) is 0 Å². The van der Waals surface area contributed by atoms with Crippen LogP contribution >= 0.6 is 0 Å². The first-order valence-electron chi connectivity index (χ1n) is 0.612. The van der Waals surface area contributed by atoms with E-state index in [9.17, 15) is 0 Å². The fourth-order valence-electron chi connectivity index (χ4n) is 0. The minimum absolute atomic E-state index is 0. The molecule has 7 heavy (non-hydrogen) atoms. The number of carboxylic acid groups (broad SMARTS) is 2. The molecule has 0 amide bonds. The van der Waals surface area contributed by atoms with Crippen LogP contribution in [0.3, 0.4) is 0 Å². The van der Waals surface area contributed by atoms with Crippen LogP contribution in [-0.2, 0) is 0 Å². The predicted molar refractivity (Wildman–Crippen MR) is 13.1 cm³/mol. The summed E-state index contributed by atoms with van der Waals surface area (Å²) in [6.07, 6.45) is -2.33. The molecular weight excluding hydrogens is 126 g/mol. The molecule has 0 aromatic rings. The van der Waals surface area contributed by atoms with Crippen LogP contribution in [0.25, 0.3) is 0 Å². The van der Waals surface area contributed by atoms with Crippen LogP contribution in [0, 0.1) is 0 Å². The topological polar surface area (TPSA) is 93.2 Å². The molecule has 35 valence electrons. The molecule has 0 heterocycles. The first-order chi connectivity index (χ1) is 1.73. The molecule has 0 aliphatic heterocycles. The third-order valence-corrected chi connectivity index (χ3v) is 0. The molecule has 0 aliphatic carbocycles. The fraction of sp³-hybridized carbons (Fsp3) is 0. The monoisotopic (exact) mass is 127 g/mol. The van der Waals surface area contributed by atoms with E-state index in [4.69, 9.17) is 15.0 Å². The molecule has 6 heteroatoms. The van der Waals surface area contributed by atoms with Gasteiger partial charge in [-0.3, -0.25) is 0 Å². The van der Waals surface area contributed by atoms with Gasteiger partial charge in [0, 0.05) is 17.4 Å². The zero-order chi connectivity index (χ0) is 3.58. The van der Waals surface area contributed by atoms with Crippen molar-refractivity contribution < 1.29 is 50.0 Å². The Labute approximate surface area is 73.3 Å². The number of rotatable bonds is 0. The van der Waals surface area contributed by atoms with E-state index in [1.165, 1.54) is 0 Å². The Bertz CT molecular complexity index is 34.7. The van der Waals surface area contributed by atoms with Crippen LogP contribution in [0.15, 0.2) is 0 Å². The fourth-order valence-corrected chi connectivity index (χ4v) is 0. The summed E-state index contributed by atoms with van der Waals surface area (Å²) < 4.78 is 0. The van der Waals surface area contributed by atoms with E-state index in [2.05, 4.69) is 0 Å². The van der Waals surface area contributed by atoms with Gasteiger partial charge in [0.2, 0.25) is 0 Å². The number of carbonyl (C=O) groups excluding carboxylic acids is 1. The molecule has 0 aliphatic rings. The summed E-state index contributed by atoms with van der Waals surface area (Å²) in [5.74, 6) is 0. The molecule has 1 N–H and O–H groups in total. The van der Waals surface area contributed by atoms with Crippen LogP contribution in [0.1, 0.15) is 0 Å². The normalized spacial score (nSPS) is 3.43. The van der Waals surface area contributed by atoms with E-state index in [0.717, 1.165) is 0 Å². The van der Waals surface area contributed by atoms with Gasteiger partial charge >= 0.3 is 29.6 Å². The molecule has 4 nitrogen and oxygen atoms in total. The summed E-state index contributed by atoms with van der Waals surface area (Å²) in [4.78, 5) is 8.33. The SMILES string of the molecule is O=C([O-])[O-].[Al].[Na+].[OH-]. The van der Waals surface area contributed by atoms with Crippen molar-refractivity contribution in [3.8, 4) is 0 Å². The van der Waals surface area contributed by atoms with E-state index in [1.807, 2.05) is 0 Å². The summed E-state index contributed by atoms with van der Waals surface area (Å²) in [5, 5.41) is 16.7. The molecule has 0 bridgehead atoms. The van der Waals surface area contributed by atoms with Crippen molar-refractivity contribution in [2.24, 2.45) is 0 Å². The molecular formula is CHAlNaO4-2. The zero-order valence-electron chi connectivity index (χ0n) is 3.75. The first-order valence-corrected chi connectivity index (χ1v) is 0.612. The van der Waals surface area contributed by atoms with E-state index in [-0.39, 0.29) is 52.4 Å². The van der Waals surface area contributed by atoms with E-state index < -0.39 is 6.16 Å². The van der Waals surface area contributed by atoms with Gasteiger partial charge in [-0.05, 0) is 6.16 Å². The van der Waals surface area contributed by atoms with Crippen molar-refractivity contribution in [1.29, 1.82) is 0 Å². The summed E-state index contributed by atoms with van der Waals surface area (Å²) in [6.45, 7) is 0. The molecule has 0 saturated carbocycles. The Hall–Kier alpha value is 0.762. The van der Waals surface area contributed by atoms with Gasteiger partial charge in [0.1, 0.15) is 0 Å². The average molecular weight is 127 g/mol. The first kappa shape index (κ1) is 25.1. The maximum absolute atomic E-state index is 8.33. The third kappa shape index (κ3) is 264. The van der Waals surface area contributed by atoms with Crippen LogP contribution in [0.2, 0.25) is 0 Å². The second kappa shape index (κ2) is 15.9. The maximum atomic E-state index is 8.33. The van der Waals surface area contributed by atoms with Crippen LogP contribution in [0.5, 0.6) is 0 Å². The molecule has 0 unspecified atom stereocenters. The Morgan fingerprint density at radius 1 is 1.29 bits per heavy atom. The summed E-state index contributed by atoms with van der Waals surface area (Å²) in [7, 11) is 0. The Balaban J connectivity index is -0.0000000150. The molecule has 0 saturated heterocycles. The van der Waals surface area contributed by atoms with Crippen molar-refractivity contribution in [1.82, 2.24) is 0 Å². The standard InChI is InChI=1S/CH2O3.Al.Na.H2O/c2-1(3)4;;;/h(H2,2,3,4);;;1H2/q;;+1;/p-3. The molecule has 0 aromatic heterocycles. The molecule has 0 spiro atoms. The van der Waals surface area contributed by atoms with Gasteiger partial charge in [0.15, 0.2) is 0 Å². The number of hydrogen-bond acceptors (Lipinski definition) is 4. The quantitative estimate of drug-likeness (QED) is 0.303. The van der Waals surface area contributed by atoms with Gasteiger partial charge < -0.3 is 20.5 Å². The van der Waals surface area contributed by atoms with Crippen molar-refractivity contribution in [3.63, 3.8) is 0 Å². The van der Waals surface area contributed by atoms with Gasteiger partial charge in [0.05, 0.1) is 0 Å². The summed E-state index contributed by atoms with van der Waals surface area (Å²) >= 11 is 0. The Kier molecular flexibility index (Phi) is 56.8. The minimum atomic E-state index is -2.33. The summed E-state index contributed by atoms with van der Waals surface area (Å²) in [6, 6.07) is 0. The second-order valence-electron chi connectivity index (χ2n) is 0.250. The van der Waals surface area contributed by atoms with E-state index in [1.54, 1.807) is 0 Å². The Morgan fingerprint density at radius 2 is 1.29 bits per heavy atom. The van der Waals surface area contributed by atoms with Crippen molar-refractivity contribution in [2.75, 3.05) is 0 Å². The van der Waals surface area contributed by atoms with Crippen molar-refractivity contribution in [3.05, 3.63) is 0 Å². The van der Waals surface area contributed by atoms with E-state index >= 15 is 0 Å². The molecule has 0 rings (SSSR count). The number of carbonyl (C=O) groups is 1. The van der Waals surface area contributed by atoms with Crippen LogP contribution < -0.4 is 39.8 Å². The molecule has 0 atom stereocenters. The van der Waals surface area contributed by atoms with Crippen molar-refractivity contribution in [2.45, 2.75) is 0 Å². The minimum Gasteiger partial charge on any atom is -0.870 e. The zero-order valence-corrected chi connectivity index (χ0v) is 6.90. The average Bonchev–Trinajstić information content (AvgIpc) is 0.811. The van der Waals surface area contributed by atoms with Crippen LogP contribution in [-0.4, -0.2) is 29.0 Å². The Morgan fingerprint density at radius 3 is 1.29 bits per heavy atom. The molecule has 3 radical (unpaired) electrons. The van der Waals surface area contributed by atoms with Gasteiger partial charge in [0.25, 0.3) is 0 Å². The molecule has 0 aromatic carbocycles. The second-order valence-corrected chi connectivity index (χ2v) is 0.250.